The van der Waals surface area contributed by atoms with Gasteiger partial charge in [-0.3, -0.25) is 4.79 Å². The number of amides is 1. The van der Waals surface area contributed by atoms with Gasteiger partial charge >= 0.3 is 6.18 Å². The molecular formula is C16H12ClF3N4OS. The third-order valence-corrected chi connectivity index (χ3v) is 4.74. The number of thioether (sulfide) groups is 1. The zero-order valence-electron chi connectivity index (χ0n) is 13.6. The van der Waals surface area contributed by atoms with Crippen LogP contribution in [0.25, 0.3) is 0 Å². The largest absolute Gasteiger partial charge is 0.416 e. The Labute approximate surface area is 156 Å². The molecule has 2 rings (SSSR count). The Kier molecular flexibility index (Phi) is 6.10. The highest BCUT2D eigenvalue weighted by Crippen LogP contribution is 2.34. The second kappa shape index (κ2) is 7.93. The number of alkyl halides is 3. The maximum absolute atomic E-state index is 12.8. The van der Waals surface area contributed by atoms with Crippen LogP contribution >= 0.6 is 23.4 Å². The smallest absolute Gasteiger partial charge is 0.324 e. The molecule has 1 aromatic heterocycles. The maximum Gasteiger partial charge on any atom is 0.416 e. The van der Waals surface area contributed by atoms with E-state index in [9.17, 15) is 23.2 Å². The van der Waals surface area contributed by atoms with Gasteiger partial charge in [0.2, 0.25) is 5.91 Å². The van der Waals surface area contributed by atoms with Crippen LogP contribution in [0.4, 0.5) is 18.9 Å². The standard InChI is InChI=1S/C16H12ClF3N4OS/c1-8-9(2)23-24-15(11(8)6-21)26-7-14(25)22-13-5-10(16(18,19)20)3-4-12(13)17/h3-5H,7H2,1-2H3,(H,22,25). The van der Waals surface area contributed by atoms with Crippen molar-refractivity contribution in [3.8, 4) is 6.07 Å². The van der Waals surface area contributed by atoms with Gasteiger partial charge in [-0.05, 0) is 37.6 Å². The molecule has 0 unspecified atom stereocenters. The third-order valence-electron chi connectivity index (χ3n) is 3.44. The molecule has 1 N–H and O–H groups in total. The molecule has 0 saturated heterocycles. The molecule has 10 heteroatoms. The maximum atomic E-state index is 12.8. The van der Waals surface area contributed by atoms with Gasteiger partial charge in [0.05, 0.1) is 33.3 Å². The van der Waals surface area contributed by atoms with Gasteiger partial charge < -0.3 is 5.32 Å². The van der Waals surface area contributed by atoms with Crippen molar-refractivity contribution < 1.29 is 18.0 Å². The third kappa shape index (κ3) is 4.65. The molecule has 0 spiro atoms. The lowest BCUT2D eigenvalue weighted by Crippen LogP contribution is -2.16. The van der Waals surface area contributed by atoms with Crippen molar-refractivity contribution in [3.05, 3.63) is 45.6 Å². The lowest BCUT2D eigenvalue weighted by atomic mass is 10.1. The summed E-state index contributed by atoms with van der Waals surface area (Å²) in [5.41, 5.74) is 0.514. The minimum absolute atomic E-state index is 0.0139. The highest BCUT2D eigenvalue weighted by atomic mass is 35.5. The van der Waals surface area contributed by atoms with E-state index in [1.165, 1.54) is 0 Å². The van der Waals surface area contributed by atoms with Gasteiger partial charge in [-0.15, -0.1) is 5.10 Å². The van der Waals surface area contributed by atoms with E-state index in [1.807, 2.05) is 6.07 Å². The van der Waals surface area contributed by atoms with Gasteiger partial charge in [-0.25, -0.2) is 0 Å². The number of anilines is 1. The summed E-state index contributed by atoms with van der Waals surface area (Å²) >= 11 is 6.80. The van der Waals surface area contributed by atoms with Gasteiger partial charge in [-0.1, -0.05) is 23.4 Å². The number of nitrogens with zero attached hydrogens (tertiary/aromatic N) is 3. The first kappa shape index (κ1) is 20.0. The molecule has 0 aliphatic heterocycles. The molecule has 1 amide bonds. The summed E-state index contributed by atoms with van der Waals surface area (Å²) in [6.07, 6.45) is -4.55. The van der Waals surface area contributed by atoms with Crippen molar-refractivity contribution in [3.63, 3.8) is 0 Å². The number of aromatic nitrogens is 2. The number of rotatable bonds is 4. The summed E-state index contributed by atoms with van der Waals surface area (Å²) in [4.78, 5) is 12.0. The molecule has 136 valence electrons. The average molecular weight is 401 g/mol. The van der Waals surface area contributed by atoms with Crippen LogP contribution in [0.2, 0.25) is 5.02 Å². The van der Waals surface area contributed by atoms with Gasteiger partial charge in [-0.2, -0.15) is 23.5 Å². The van der Waals surface area contributed by atoms with Gasteiger partial charge in [0.15, 0.2) is 0 Å². The molecular weight excluding hydrogens is 389 g/mol. The van der Waals surface area contributed by atoms with Crippen molar-refractivity contribution in [2.75, 3.05) is 11.1 Å². The number of hydrogen-bond donors (Lipinski definition) is 1. The number of halogens is 4. The highest BCUT2D eigenvalue weighted by Gasteiger charge is 2.31. The van der Waals surface area contributed by atoms with E-state index in [0.29, 0.717) is 16.8 Å². The molecule has 2 aromatic rings. The number of carbonyl (C=O) groups is 1. The fourth-order valence-electron chi connectivity index (χ4n) is 1.94. The molecule has 0 atom stereocenters. The Morgan fingerprint density at radius 1 is 1.35 bits per heavy atom. The average Bonchev–Trinajstić information content (AvgIpc) is 2.57. The Morgan fingerprint density at radius 3 is 2.65 bits per heavy atom. The van der Waals surface area contributed by atoms with Crippen LogP contribution in [0.5, 0.6) is 0 Å². The summed E-state index contributed by atoms with van der Waals surface area (Å²) in [5.74, 6) is -0.751. The second-order valence-electron chi connectivity index (χ2n) is 5.23. The minimum atomic E-state index is -4.55. The molecule has 5 nitrogen and oxygen atoms in total. The van der Waals surface area contributed by atoms with Crippen LogP contribution in [-0.2, 0) is 11.0 Å². The predicted octanol–water partition coefficient (Wildman–Crippen LogP) is 4.37. The Balaban J connectivity index is 2.11. The molecule has 26 heavy (non-hydrogen) atoms. The topological polar surface area (TPSA) is 78.7 Å². The van der Waals surface area contributed by atoms with Crippen LogP contribution in [-0.4, -0.2) is 21.9 Å². The summed E-state index contributed by atoms with van der Waals surface area (Å²) in [6, 6.07) is 4.67. The van der Waals surface area contributed by atoms with Gasteiger partial charge in [0.1, 0.15) is 11.1 Å². The molecule has 0 aliphatic carbocycles. The molecule has 0 aliphatic rings. The monoisotopic (exact) mass is 400 g/mol. The molecule has 0 radical (unpaired) electrons. The Morgan fingerprint density at radius 2 is 2.04 bits per heavy atom. The number of benzene rings is 1. The first-order chi connectivity index (χ1) is 12.1. The van der Waals surface area contributed by atoms with Gasteiger partial charge in [0.25, 0.3) is 0 Å². The number of nitrogens with one attached hydrogen (secondary N) is 1. The highest BCUT2D eigenvalue weighted by molar-refractivity contribution is 8.00. The van der Waals surface area contributed by atoms with Crippen LogP contribution in [0.3, 0.4) is 0 Å². The predicted molar refractivity (Wildman–Crippen MR) is 92.0 cm³/mol. The first-order valence-corrected chi connectivity index (χ1v) is 8.53. The lowest BCUT2D eigenvalue weighted by molar-refractivity contribution is -0.137. The lowest BCUT2D eigenvalue weighted by Gasteiger charge is -2.12. The van der Waals surface area contributed by atoms with E-state index >= 15 is 0 Å². The van der Waals surface area contributed by atoms with E-state index in [0.717, 1.165) is 30.0 Å². The van der Waals surface area contributed by atoms with Crippen LogP contribution in [0.1, 0.15) is 22.4 Å². The van der Waals surface area contributed by atoms with E-state index in [4.69, 9.17) is 11.6 Å². The SMILES string of the molecule is Cc1nnc(SCC(=O)Nc2cc(C(F)(F)F)ccc2Cl)c(C#N)c1C. The summed E-state index contributed by atoms with van der Waals surface area (Å²) < 4.78 is 38.3. The quantitative estimate of drug-likeness (QED) is 0.771. The zero-order valence-corrected chi connectivity index (χ0v) is 15.2. The summed E-state index contributed by atoms with van der Waals surface area (Å²) in [6.45, 7) is 3.43. The van der Waals surface area contributed by atoms with E-state index in [2.05, 4.69) is 15.5 Å². The van der Waals surface area contributed by atoms with E-state index in [1.54, 1.807) is 13.8 Å². The van der Waals surface area contributed by atoms with Crippen LogP contribution < -0.4 is 5.32 Å². The van der Waals surface area contributed by atoms with Crippen molar-refractivity contribution in [1.82, 2.24) is 10.2 Å². The van der Waals surface area contributed by atoms with Crippen molar-refractivity contribution >= 4 is 35.0 Å². The number of nitriles is 1. The first-order valence-electron chi connectivity index (χ1n) is 7.17. The van der Waals surface area contributed by atoms with Crippen molar-refractivity contribution in [2.45, 2.75) is 25.0 Å². The van der Waals surface area contributed by atoms with E-state index in [-0.39, 0.29) is 21.5 Å². The zero-order chi connectivity index (χ0) is 19.5. The molecule has 0 fully saturated rings. The molecule has 1 aromatic carbocycles. The van der Waals surface area contributed by atoms with Gasteiger partial charge in [0, 0.05) is 0 Å². The van der Waals surface area contributed by atoms with Crippen molar-refractivity contribution in [1.29, 1.82) is 5.26 Å². The molecule has 1 heterocycles. The Hall–Kier alpha value is -2.31. The second-order valence-corrected chi connectivity index (χ2v) is 6.60. The van der Waals surface area contributed by atoms with E-state index < -0.39 is 17.6 Å². The molecule has 0 saturated carbocycles. The number of carbonyl (C=O) groups excluding carboxylic acids is 1. The number of hydrogen-bond acceptors (Lipinski definition) is 5. The summed E-state index contributed by atoms with van der Waals surface area (Å²) in [7, 11) is 0. The Bertz CT molecular complexity index is 896. The van der Waals surface area contributed by atoms with Crippen LogP contribution in [0.15, 0.2) is 23.2 Å². The molecule has 0 bridgehead atoms. The van der Waals surface area contributed by atoms with Crippen LogP contribution in [0, 0.1) is 25.2 Å². The minimum Gasteiger partial charge on any atom is -0.324 e. The normalized spacial score (nSPS) is 11.1. The fraction of sp³-hybridized carbons (Fsp3) is 0.250. The fourth-order valence-corrected chi connectivity index (χ4v) is 2.88. The number of aryl methyl sites for hydroxylation is 1. The summed E-state index contributed by atoms with van der Waals surface area (Å²) in [5, 5.41) is 19.6. The van der Waals surface area contributed by atoms with Crippen molar-refractivity contribution in [2.24, 2.45) is 0 Å².